The van der Waals surface area contributed by atoms with E-state index in [0.29, 0.717) is 28.4 Å². The first-order valence-corrected chi connectivity index (χ1v) is 12.4. The highest BCUT2D eigenvalue weighted by molar-refractivity contribution is 7.92. The van der Waals surface area contributed by atoms with Crippen molar-refractivity contribution in [3.05, 3.63) is 71.2 Å². The largest absolute Gasteiger partial charge is 0.456 e. The molecule has 1 N–H and O–H groups in total. The first-order valence-electron chi connectivity index (χ1n) is 10.2. The lowest BCUT2D eigenvalue weighted by molar-refractivity contribution is -0.116. The first kappa shape index (κ1) is 22.2. The summed E-state index contributed by atoms with van der Waals surface area (Å²) in [5.74, 6) is -0.198. The van der Waals surface area contributed by atoms with Gasteiger partial charge in [0.25, 0.3) is 0 Å². The lowest BCUT2D eigenvalue weighted by Crippen LogP contribution is -2.31. The first-order chi connectivity index (χ1) is 15.2. The van der Waals surface area contributed by atoms with E-state index in [-0.39, 0.29) is 18.9 Å². The molecule has 4 rings (SSSR count). The van der Waals surface area contributed by atoms with Crippen molar-refractivity contribution in [3.8, 4) is 0 Å². The maximum Gasteiger partial charge on any atom is 0.232 e. The smallest absolute Gasteiger partial charge is 0.232 e. The fourth-order valence-corrected chi connectivity index (χ4v) is 4.77. The van der Waals surface area contributed by atoms with E-state index >= 15 is 0 Å². The molecule has 166 valence electrons. The molecule has 0 atom stereocenters. The zero-order chi connectivity index (χ0) is 22.9. The maximum absolute atomic E-state index is 12.5. The van der Waals surface area contributed by atoms with Gasteiger partial charge in [0.1, 0.15) is 11.2 Å². The van der Waals surface area contributed by atoms with Crippen LogP contribution in [0.1, 0.15) is 18.4 Å². The standard InChI is InChI=1S/C24H23ClN2O4S/c1-16-9-11-18(15-21(16)25)27(32(2,29)30)13-5-8-24(28)26-17-10-12-20-19-6-3-4-7-22(19)31-23(20)14-17/h3-4,6-7,9-12,14-15H,5,8,13H2,1-2H3,(H,26,28). The van der Waals surface area contributed by atoms with Crippen LogP contribution in [0.5, 0.6) is 0 Å². The molecule has 4 aromatic rings. The predicted octanol–water partition coefficient (Wildman–Crippen LogP) is 5.73. The molecule has 32 heavy (non-hydrogen) atoms. The molecule has 0 radical (unpaired) electrons. The molecule has 0 saturated carbocycles. The number of rotatable bonds is 7. The minimum absolute atomic E-state index is 0.170. The van der Waals surface area contributed by atoms with Gasteiger partial charge in [-0.25, -0.2) is 8.42 Å². The molecule has 8 heteroatoms. The van der Waals surface area contributed by atoms with Gasteiger partial charge in [-0.1, -0.05) is 35.9 Å². The molecule has 0 unspecified atom stereocenters. The highest BCUT2D eigenvalue weighted by Crippen LogP contribution is 2.30. The third-order valence-electron chi connectivity index (χ3n) is 5.27. The van der Waals surface area contributed by atoms with Crippen LogP contribution in [0.25, 0.3) is 21.9 Å². The van der Waals surface area contributed by atoms with Crippen LogP contribution >= 0.6 is 11.6 Å². The van der Waals surface area contributed by atoms with Crippen molar-refractivity contribution in [2.75, 3.05) is 22.4 Å². The number of halogens is 1. The average molecular weight is 471 g/mol. The zero-order valence-electron chi connectivity index (χ0n) is 17.8. The fraction of sp³-hybridized carbons (Fsp3) is 0.208. The third kappa shape index (κ3) is 4.74. The van der Waals surface area contributed by atoms with E-state index in [9.17, 15) is 13.2 Å². The SMILES string of the molecule is Cc1ccc(N(CCCC(=O)Nc2ccc3c(c2)oc2ccccc23)S(C)(=O)=O)cc1Cl. The van der Waals surface area contributed by atoms with Gasteiger partial charge in [0, 0.05) is 40.5 Å². The summed E-state index contributed by atoms with van der Waals surface area (Å²) in [4.78, 5) is 12.5. The van der Waals surface area contributed by atoms with Crippen LogP contribution in [0.4, 0.5) is 11.4 Å². The third-order valence-corrected chi connectivity index (χ3v) is 6.87. The molecule has 0 aliphatic carbocycles. The molecule has 3 aromatic carbocycles. The highest BCUT2D eigenvalue weighted by Gasteiger charge is 2.18. The van der Waals surface area contributed by atoms with Crippen molar-refractivity contribution in [3.63, 3.8) is 0 Å². The number of amides is 1. The highest BCUT2D eigenvalue weighted by atomic mass is 35.5. The van der Waals surface area contributed by atoms with Crippen LogP contribution in [0, 0.1) is 6.92 Å². The quantitative estimate of drug-likeness (QED) is 0.374. The zero-order valence-corrected chi connectivity index (χ0v) is 19.3. The molecule has 0 saturated heterocycles. The molecule has 1 amide bonds. The number of nitrogens with zero attached hydrogens (tertiary/aromatic N) is 1. The molecule has 1 heterocycles. The Morgan fingerprint density at radius 2 is 1.78 bits per heavy atom. The second-order valence-electron chi connectivity index (χ2n) is 7.73. The second-order valence-corrected chi connectivity index (χ2v) is 10.0. The van der Waals surface area contributed by atoms with Crippen LogP contribution in [0.3, 0.4) is 0 Å². The van der Waals surface area contributed by atoms with Crippen molar-refractivity contribution in [2.45, 2.75) is 19.8 Å². The lowest BCUT2D eigenvalue weighted by Gasteiger charge is -2.23. The van der Waals surface area contributed by atoms with E-state index in [1.165, 1.54) is 4.31 Å². The molecule has 0 spiro atoms. The number of nitrogens with one attached hydrogen (secondary N) is 1. The summed E-state index contributed by atoms with van der Waals surface area (Å²) in [7, 11) is -3.51. The monoisotopic (exact) mass is 470 g/mol. The van der Waals surface area contributed by atoms with Gasteiger partial charge >= 0.3 is 0 Å². The van der Waals surface area contributed by atoms with E-state index in [1.807, 2.05) is 43.3 Å². The van der Waals surface area contributed by atoms with Crippen LogP contribution in [-0.2, 0) is 14.8 Å². The van der Waals surface area contributed by atoms with Crippen LogP contribution in [-0.4, -0.2) is 27.1 Å². The Balaban J connectivity index is 1.41. The number of furan rings is 1. The minimum atomic E-state index is -3.51. The minimum Gasteiger partial charge on any atom is -0.456 e. The molecule has 0 aliphatic rings. The lowest BCUT2D eigenvalue weighted by atomic mass is 10.1. The van der Waals surface area contributed by atoms with Crippen molar-refractivity contribution in [1.82, 2.24) is 0 Å². The number of fused-ring (bicyclic) bond motifs is 3. The summed E-state index contributed by atoms with van der Waals surface area (Å²) in [5.41, 5.74) is 3.47. The Morgan fingerprint density at radius 3 is 2.53 bits per heavy atom. The summed E-state index contributed by atoms with van der Waals surface area (Å²) in [6.07, 6.45) is 1.67. The Bertz CT molecular complexity index is 1410. The van der Waals surface area contributed by atoms with Gasteiger partial charge < -0.3 is 9.73 Å². The molecular weight excluding hydrogens is 448 g/mol. The van der Waals surface area contributed by atoms with Gasteiger partial charge in [-0.05, 0) is 49.2 Å². The number of sulfonamides is 1. The number of aryl methyl sites for hydroxylation is 1. The van der Waals surface area contributed by atoms with Gasteiger partial charge in [-0.3, -0.25) is 9.10 Å². The summed E-state index contributed by atoms with van der Waals surface area (Å²) >= 11 is 6.16. The van der Waals surface area contributed by atoms with Gasteiger partial charge in [-0.2, -0.15) is 0 Å². The fourth-order valence-electron chi connectivity index (χ4n) is 3.63. The normalized spacial score (nSPS) is 11.7. The van der Waals surface area contributed by atoms with Crippen molar-refractivity contribution in [2.24, 2.45) is 0 Å². The summed E-state index contributed by atoms with van der Waals surface area (Å²) in [5, 5.41) is 5.37. The molecule has 0 aliphatic heterocycles. The molecule has 6 nitrogen and oxygen atoms in total. The summed E-state index contributed by atoms with van der Waals surface area (Å²) in [6.45, 7) is 2.03. The second kappa shape index (κ2) is 8.84. The Labute approximate surface area is 191 Å². The van der Waals surface area contributed by atoms with Gasteiger partial charge in [0.05, 0.1) is 11.9 Å². The Kier molecular flexibility index (Phi) is 6.13. The average Bonchev–Trinajstić information content (AvgIpc) is 3.10. The molecular formula is C24H23ClN2O4S. The van der Waals surface area contributed by atoms with E-state index in [4.69, 9.17) is 16.0 Å². The van der Waals surface area contributed by atoms with Crippen molar-refractivity contribution >= 4 is 60.8 Å². The van der Waals surface area contributed by atoms with E-state index < -0.39 is 10.0 Å². The molecule has 1 aromatic heterocycles. The number of para-hydroxylation sites is 1. The van der Waals surface area contributed by atoms with Gasteiger partial charge in [0.2, 0.25) is 15.9 Å². The van der Waals surface area contributed by atoms with Crippen molar-refractivity contribution in [1.29, 1.82) is 0 Å². The van der Waals surface area contributed by atoms with Crippen LogP contribution < -0.4 is 9.62 Å². The number of carbonyl (C=O) groups excluding carboxylic acids is 1. The van der Waals surface area contributed by atoms with Crippen molar-refractivity contribution < 1.29 is 17.6 Å². The number of anilines is 2. The van der Waals surface area contributed by atoms with E-state index in [1.54, 1.807) is 24.3 Å². The Hall–Kier alpha value is -3.03. The number of hydrogen-bond acceptors (Lipinski definition) is 4. The Morgan fingerprint density at radius 1 is 1.03 bits per heavy atom. The van der Waals surface area contributed by atoms with Crippen LogP contribution in [0.2, 0.25) is 5.02 Å². The van der Waals surface area contributed by atoms with Gasteiger partial charge in [-0.15, -0.1) is 0 Å². The summed E-state index contributed by atoms with van der Waals surface area (Å²) in [6, 6.07) is 18.4. The van der Waals surface area contributed by atoms with Crippen LogP contribution in [0.15, 0.2) is 65.1 Å². The summed E-state index contributed by atoms with van der Waals surface area (Å²) < 4.78 is 31.7. The molecule has 0 bridgehead atoms. The van der Waals surface area contributed by atoms with Gasteiger partial charge in [0.15, 0.2) is 0 Å². The predicted molar refractivity (Wildman–Crippen MR) is 130 cm³/mol. The topological polar surface area (TPSA) is 79.6 Å². The number of benzene rings is 3. The number of carbonyl (C=O) groups is 1. The molecule has 0 fully saturated rings. The van der Waals surface area contributed by atoms with E-state index in [0.717, 1.165) is 28.2 Å². The van der Waals surface area contributed by atoms with E-state index in [2.05, 4.69) is 5.32 Å². The number of hydrogen-bond donors (Lipinski definition) is 1. The maximum atomic E-state index is 12.5.